The summed E-state index contributed by atoms with van der Waals surface area (Å²) in [7, 11) is -3.47. The maximum absolute atomic E-state index is 11.8. The molecule has 4 rings (SSSR count). The van der Waals surface area contributed by atoms with Crippen molar-refractivity contribution in [2.24, 2.45) is 14.5 Å². The average Bonchev–Trinajstić information content (AvgIpc) is 2.61. The van der Waals surface area contributed by atoms with Crippen LogP contribution in [0, 0.1) is 0 Å². The number of benzene rings is 2. The Morgan fingerprint density at radius 1 is 0.833 bits per heavy atom. The topological polar surface area (TPSA) is 74.5 Å². The molecule has 2 aromatic rings. The first kappa shape index (κ1) is 14.8. The van der Waals surface area contributed by atoms with E-state index in [-0.39, 0.29) is 18.3 Å². The summed E-state index contributed by atoms with van der Waals surface area (Å²) in [5.41, 5.74) is 3.12. The molecule has 0 bridgehead atoms. The molecule has 0 saturated heterocycles. The van der Waals surface area contributed by atoms with E-state index in [4.69, 9.17) is 0 Å². The van der Waals surface area contributed by atoms with E-state index in [2.05, 4.69) is 14.5 Å². The number of nitrogens with zero attached hydrogens (tertiary/aromatic N) is 4. The second-order valence-corrected chi connectivity index (χ2v) is 7.20. The second kappa shape index (κ2) is 5.68. The molecule has 2 aliphatic rings. The zero-order chi connectivity index (χ0) is 16.6. The summed E-state index contributed by atoms with van der Waals surface area (Å²) in [6, 6.07) is 19.3. The van der Waals surface area contributed by atoms with E-state index in [0.717, 1.165) is 11.1 Å². The average molecular weight is 338 g/mol. The Labute approximate surface area is 139 Å². The lowest BCUT2D eigenvalue weighted by Gasteiger charge is -2.27. The molecular weight excluding hydrogens is 324 g/mol. The van der Waals surface area contributed by atoms with E-state index >= 15 is 0 Å². The first-order valence-electron chi connectivity index (χ1n) is 7.51. The predicted molar refractivity (Wildman–Crippen MR) is 93.9 cm³/mol. The molecule has 0 radical (unpaired) electrons. The van der Waals surface area contributed by atoms with Crippen LogP contribution in [0.25, 0.3) is 0 Å². The number of rotatable bonds is 2. The quantitative estimate of drug-likeness (QED) is 0.839. The highest BCUT2D eigenvalue weighted by Gasteiger charge is 2.30. The minimum atomic E-state index is -3.47. The van der Waals surface area contributed by atoms with Crippen LogP contribution in [0.1, 0.15) is 11.1 Å². The van der Waals surface area contributed by atoms with Gasteiger partial charge in [-0.25, -0.2) is 18.4 Å². The van der Waals surface area contributed by atoms with Gasteiger partial charge >= 0.3 is 0 Å². The van der Waals surface area contributed by atoms with Gasteiger partial charge in [0.2, 0.25) is 0 Å². The summed E-state index contributed by atoms with van der Waals surface area (Å²) in [5, 5.41) is 6.17. The van der Waals surface area contributed by atoms with Crippen LogP contribution in [-0.2, 0) is 10.0 Å². The Hall–Kier alpha value is -2.80. The van der Waals surface area contributed by atoms with Gasteiger partial charge in [0, 0.05) is 11.1 Å². The molecule has 0 fully saturated rings. The van der Waals surface area contributed by atoms with E-state index < -0.39 is 10.0 Å². The van der Waals surface area contributed by atoms with Crippen LogP contribution >= 0.6 is 0 Å². The Morgan fingerprint density at radius 2 is 1.42 bits per heavy atom. The molecule has 0 unspecified atom stereocenters. The highest BCUT2D eigenvalue weighted by atomic mass is 32.2. The van der Waals surface area contributed by atoms with Crippen LogP contribution < -0.4 is 0 Å². The van der Waals surface area contributed by atoms with Crippen molar-refractivity contribution in [3.8, 4) is 0 Å². The smallest absolute Gasteiger partial charge is 0.229 e. The molecule has 0 amide bonds. The molecular formula is C17H14N4O2S. The fourth-order valence-electron chi connectivity index (χ4n) is 2.60. The Morgan fingerprint density at radius 3 is 2.04 bits per heavy atom. The van der Waals surface area contributed by atoms with Crippen molar-refractivity contribution in [2.45, 2.75) is 0 Å². The lowest BCUT2D eigenvalue weighted by Crippen LogP contribution is -2.41. The lowest BCUT2D eigenvalue weighted by molar-refractivity contribution is 0.453. The molecule has 0 N–H and O–H groups in total. The summed E-state index contributed by atoms with van der Waals surface area (Å²) in [6.45, 7) is 0.253. The largest absolute Gasteiger partial charge is 0.258 e. The SMILES string of the molecule is O=S1(=O)CCN2N=C(c3ccccc3)C(c3ccccc3)=NC2=N1. The number of fused-ring (bicyclic) bond motifs is 1. The molecule has 2 aliphatic heterocycles. The molecule has 0 spiro atoms. The fraction of sp³-hybridized carbons (Fsp3) is 0.118. The molecule has 120 valence electrons. The summed E-state index contributed by atoms with van der Waals surface area (Å²) in [5.74, 6) is 0.0675. The van der Waals surface area contributed by atoms with E-state index in [0.29, 0.717) is 11.4 Å². The highest BCUT2D eigenvalue weighted by molar-refractivity contribution is 7.90. The van der Waals surface area contributed by atoms with Gasteiger partial charge < -0.3 is 0 Å². The summed E-state index contributed by atoms with van der Waals surface area (Å²) in [6.07, 6.45) is 0. The lowest BCUT2D eigenvalue weighted by atomic mass is 9.99. The number of aliphatic imine (C=N–C) groups is 1. The summed E-state index contributed by atoms with van der Waals surface area (Å²) >= 11 is 0. The van der Waals surface area contributed by atoms with E-state index in [1.165, 1.54) is 0 Å². The first-order valence-corrected chi connectivity index (χ1v) is 9.12. The normalized spacial score (nSPS) is 19.0. The van der Waals surface area contributed by atoms with Gasteiger partial charge in [-0.1, -0.05) is 60.7 Å². The highest BCUT2D eigenvalue weighted by Crippen LogP contribution is 2.19. The van der Waals surface area contributed by atoms with Crippen molar-refractivity contribution in [2.75, 3.05) is 12.3 Å². The molecule has 0 saturated carbocycles. The molecule has 24 heavy (non-hydrogen) atoms. The van der Waals surface area contributed by atoms with Gasteiger partial charge in [-0.15, -0.1) is 4.40 Å². The van der Waals surface area contributed by atoms with Crippen LogP contribution in [0.2, 0.25) is 0 Å². The monoisotopic (exact) mass is 338 g/mol. The maximum Gasteiger partial charge on any atom is 0.258 e. The van der Waals surface area contributed by atoms with Crippen molar-refractivity contribution in [3.63, 3.8) is 0 Å². The van der Waals surface area contributed by atoms with Gasteiger partial charge in [0.05, 0.1) is 12.3 Å². The van der Waals surface area contributed by atoms with Crippen molar-refractivity contribution < 1.29 is 8.42 Å². The van der Waals surface area contributed by atoms with Crippen LogP contribution in [-0.4, -0.2) is 43.1 Å². The zero-order valence-electron chi connectivity index (χ0n) is 12.7. The maximum atomic E-state index is 11.8. The molecule has 2 heterocycles. The van der Waals surface area contributed by atoms with Crippen molar-refractivity contribution in [1.82, 2.24) is 5.01 Å². The van der Waals surface area contributed by atoms with Crippen LogP contribution in [0.5, 0.6) is 0 Å². The van der Waals surface area contributed by atoms with Crippen LogP contribution in [0.3, 0.4) is 0 Å². The molecule has 0 aliphatic carbocycles. The van der Waals surface area contributed by atoms with Crippen LogP contribution in [0.4, 0.5) is 0 Å². The Balaban J connectivity index is 1.89. The predicted octanol–water partition coefficient (Wildman–Crippen LogP) is 1.89. The molecule has 6 nitrogen and oxygen atoms in total. The van der Waals surface area contributed by atoms with Crippen molar-refractivity contribution >= 4 is 27.4 Å². The first-order chi connectivity index (χ1) is 11.6. The second-order valence-electron chi connectivity index (χ2n) is 5.44. The number of hydrogen-bond acceptors (Lipinski definition) is 5. The third-order valence-electron chi connectivity index (χ3n) is 3.76. The third kappa shape index (κ3) is 2.74. The number of hydrazone groups is 1. The number of sulfonamides is 1. The molecule has 7 heteroatoms. The van der Waals surface area contributed by atoms with E-state index in [1.54, 1.807) is 5.01 Å². The van der Waals surface area contributed by atoms with Gasteiger partial charge in [0.15, 0.2) is 0 Å². The standard InChI is InChI=1S/C17H14N4O2S/c22-24(23)12-11-21-17(20-24)18-15(13-7-3-1-4-8-13)16(19-21)14-9-5-2-6-10-14/h1-10H,11-12H2. The Bertz CT molecular complexity index is 964. The third-order valence-corrected chi connectivity index (χ3v) is 4.90. The van der Waals surface area contributed by atoms with E-state index in [9.17, 15) is 8.42 Å². The number of hydrogen-bond donors (Lipinski definition) is 0. The minimum absolute atomic E-state index is 0.0573. The molecule has 0 aromatic heterocycles. The van der Waals surface area contributed by atoms with Gasteiger partial charge in [-0.2, -0.15) is 5.10 Å². The van der Waals surface area contributed by atoms with Crippen molar-refractivity contribution in [1.29, 1.82) is 0 Å². The zero-order valence-corrected chi connectivity index (χ0v) is 13.5. The van der Waals surface area contributed by atoms with Gasteiger partial charge in [0.1, 0.15) is 11.4 Å². The molecule has 0 atom stereocenters. The fourth-order valence-corrected chi connectivity index (χ4v) is 3.48. The summed E-state index contributed by atoms with van der Waals surface area (Å²) < 4.78 is 27.3. The van der Waals surface area contributed by atoms with Gasteiger partial charge in [-0.05, 0) is 0 Å². The molecule has 2 aromatic carbocycles. The van der Waals surface area contributed by atoms with Crippen LogP contribution in [0.15, 0.2) is 75.2 Å². The Kier molecular flexibility index (Phi) is 3.50. The number of guanidine groups is 1. The summed E-state index contributed by atoms with van der Waals surface area (Å²) in [4.78, 5) is 4.51. The van der Waals surface area contributed by atoms with Crippen molar-refractivity contribution in [3.05, 3.63) is 71.8 Å². The van der Waals surface area contributed by atoms with Gasteiger partial charge in [0.25, 0.3) is 16.0 Å². The van der Waals surface area contributed by atoms with Gasteiger partial charge in [-0.3, -0.25) is 0 Å². The van der Waals surface area contributed by atoms with E-state index in [1.807, 2.05) is 60.7 Å². The minimum Gasteiger partial charge on any atom is -0.229 e.